The minimum Gasteiger partial charge on any atom is -0.399 e. The standard InChI is InChI=1S/C15H19BClNO3/c1-14(2)15(3,4)21-16(20-14)10-7-9-5-6-18-13(19)12(9)11(17)8-10/h7-8H,5-6H2,1-4H3,(H,18,19). The Labute approximate surface area is 130 Å². The molecule has 1 aromatic carbocycles. The highest BCUT2D eigenvalue weighted by molar-refractivity contribution is 6.62. The highest BCUT2D eigenvalue weighted by Crippen LogP contribution is 2.37. The molecule has 21 heavy (non-hydrogen) atoms. The molecule has 2 heterocycles. The largest absolute Gasteiger partial charge is 0.494 e. The Balaban J connectivity index is 1.99. The molecule has 0 bridgehead atoms. The predicted molar refractivity (Wildman–Crippen MR) is 83.2 cm³/mol. The van der Waals surface area contributed by atoms with Crippen LogP contribution < -0.4 is 10.8 Å². The van der Waals surface area contributed by atoms with Crippen LogP contribution in [0, 0.1) is 0 Å². The molecule has 1 aromatic rings. The van der Waals surface area contributed by atoms with E-state index in [1.165, 1.54) is 0 Å². The lowest BCUT2D eigenvalue weighted by Gasteiger charge is -2.32. The zero-order valence-electron chi connectivity index (χ0n) is 12.7. The maximum Gasteiger partial charge on any atom is 0.494 e. The predicted octanol–water partition coefficient (Wildman–Crippen LogP) is 1.93. The Bertz CT molecular complexity index is 599. The summed E-state index contributed by atoms with van der Waals surface area (Å²) in [7, 11) is -0.456. The zero-order valence-corrected chi connectivity index (χ0v) is 13.5. The van der Waals surface area contributed by atoms with Gasteiger partial charge in [-0.3, -0.25) is 4.79 Å². The molecule has 2 aliphatic rings. The van der Waals surface area contributed by atoms with Gasteiger partial charge in [0.2, 0.25) is 0 Å². The number of benzene rings is 1. The fourth-order valence-corrected chi connectivity index (χ4v) is 2.99. The molecule has 1 saturated heterocycles. The first-order valence-electron chi connectivity index (χ1n) is 7.17. The molecule has 4 nitrogen and oxygen atoms in total. The van der Waals surface area contributed by atoms with Gasteiger partial charge < -0.3 is 14.6 Å². The van der Waals surface area contributed by atoms with E-state index in [0.717, 1.165) is 17.4 Å². The van der Waals surface area contributed by atoms with E-state index in [0.29, 0.717) is 17.1 Å². The summed E-state index contributed by atoms with van der Waals surface area (Å²) in [6.07, 6.45) is 0.772. The second-order valence-electron chi connectivity index (χ2n) is 6.63. The van der Waals surface area contributed by atoms with Gasteiger partial charge in [-0.2, -0.15) is 0 Å². The molecule has 1 fully saturated rings. The van der Waals surface area contributed by atoms with Gasteiger partial charge in [0.25, 0.3) is 5.91 Å². The molecule has 2 aliphatic heterocycles. The Hall–Kier alpha value is -1.04. The van der Waals surface area contributed by atoms with Gasteiger partial charge in [0.05, 0.1) is 21.8 Å². The third-order valence-corrected chi connectivity index (χ3v) is 4.92. The highest BCUT2D eigenvalue weighted by atomic mass is 35.5. The van der Waals surface area contributed by atoms with Crippen LogP contribution in [0.3, 0.4) is 0 Å². The van der Waals surface area contributed by atoms with Crippen LogP contribution in [0.1, 0.15) is 43.6 Å². The van der Waals surface area contributed by atoms with Crippen LogP contribution in [0.4, 0.5) is 0 Å². The summed E-state index contributed by atoms with van der Waals surface area (Å²) in [4.78, 5) is 11.9. The van der Waals surface area contributed by atoms with E-state index in [1.807, 2.05) is 33.8 Å². The quantitative estimate of drug-likeness (QED) is 0.807. The summed E-state index contributed by atoms with van der Waals surface area (Å²) < 4.78 is 12.1. The van der Waals surface area contributed by atoms with Gasteiger partial charge in [-0.1, -0.05) is 17.7 Å². The number of halogens is 1. The SMILES string of the molecule is CC1(C)OB(c2cc(Cl)c3c(c2)CCNC3=O)OC1(C)C. The first-order valence-corrected chi connectivity index (χ1v) is 7.55. The van der Waals surface area contributed by atoms with Gasteiger partial charge in [0.1, 0.15) is 0 Å². The van der Waals surface area contributed by atoms with Crippen molar-refractivity contribution in [3.63, 3.8) is 0 Å². The third kappa shape index (κ3) is 2.37. The van der Waals surface area contributed by atoms with E-state index in [1.54, 1.807) is 6.07 Å². The molecule has 0 unspecified atom stereocenters. The Morgan fingerprint density at radius 3 is 2.43 bits per heavy atom. The molecule has 1 amide bonds. The van der Waals surface area contributed by atoms with Gasteiger partial charge in [-0.15, -0.1) is 0 Å². The third-order valence-electron chi connectivity index (χ3n) is 4.63. The molecule has 1 N–H and O–H groups in total. The molecular formula is C15H19BClNO3. The monoisotopic (exact) mass is 307 g/mol. The molecule has 0 radical (unpaired) electrons. The molecule has 0 atom stereocenters. The van der Waals surface area contributed by atoms with Gasteiger partial charge in [0.15, 0.2) is 0 Å². The molecule has 0 saturated carbocycles. The van der Waals surface area contributed by atoms with E-state index in [4.69, 9.17) is 20.9 Å². The summed E-state index contributed by atoms with van der Waals surface area (Å²) >= 11 is 6.29. The first-order chi connectivity index (χ1) is 9.71. The van der Waals surface area contributed by atoms with Gasteiger partial charge in [0, 0.05) is 6.54 Å². The average molecular weight is 308 g/mol. The van der Waals surface area contributed by atoms with Crippen molar-refractivity contribution >= 4 is 30.1 Å². The summed E-state index contributed by atoms with van der Waals surface area (Å²) in [6, 6.07) is 3.75. The van der Waals surface area contributed by atoms with Crippen LogP contribution in [0.15, 0.2) is 12.1 Å². The average Bonchev–Trinajstić information content (AvgIpc) is 2.58. The van der Waals surface area contributed by atoms with E-state index < -0.39 is 18.3 Å². The Morgan fingerprint density at radius 1 is 1.19 bits per heavy atom. The molecule has 0 aliphatic carbocycles. The second kappa shape index (κ2) is 4.73. The van der Waals surface area contributed by atoms with E-state index in [2.05, 4.69) is 5.32 Å². The topological polar surface area (TPSA) is 47.6 Å². The van der Waals surface area contributed by atoms with Crippen molar-refractivity contribution in [3.8, 4) is 0 Å². The molecule has 0 aromatic heterocycles. The second-order valence-corrected chi connectivity index (χ2v) is 7.04. The number of carbonyl (C=O) groups is 1. The normalized spacial score (nSPS) is 22.9. The number of rotatable bonds is 1. The minimum absolute atomic E-state index is 0.110. The van der Waals surface area contributed by atoms with Gasteiger partial charge in [-0.05, 0) is 51.2 Å². The van der Waals surface area contributed by atoms with Gasteiger partial charge >= 0.3 is 7.12 Å². The highest BCUT2D eigenvalue weighted by Gasteiger charge is 2.51. The number of hydrogen-bond donors (Lipinski definition) is 1. The minimum atomic E-state index is -0.456. The fourth-order valence-electron chi connectivity index (χ4n) is 2.65. The van der Waals surface area contributed by atoms with Gasteiger partial charge in [-0.25, -0.2) is 0 Å². The fraction of sp³-hybridized carbons (Fsp3) is 0.533. The smallest absolute Gasteiger partial charge is 0.399 e. The van der Waals surface area contributed by atoms with Crippen molar-refractivity contribution < 1.29 is 14.1 Å². The molecular weight excluding hydrogens is 288 g/mol. The van der Waals surface area contributed by atoms with Crippen molar-refractivity contribution in [1.29, 1.82) is 0 Å². The van der Waals surface area contributed by atoms with Crippen LogP contribution in [0.5, 0.6) is 0 Å². The summed E-state index contributed by atoms with van der Waals surface area (Å²) in [6.45, 7) is 8.69. The summed E-state index contributed by atoms with van der Waals surface area (Å²) in [5.41, 5.74) is 1.61. The number of nitrogens with one attached hydrogen (secondary N) is 1. The molecule has 3 rings (SSSR count). The lowest BCUT2D eigenvalue weighted by molar-refractivity contribution is 0.00578. The zero-order chi connectivity index (χ0) is 15.4. The number of amides is 1. The maximum atomic E-state index is 11.9. The number of hydrogen-bond acceptors (Lipinski definition) is 3. The van der Waals surface area contributed by atoms with Crippen LogP contribution >= 0.6 is 11.6 Å². The number of carbonyl (C=O) groups excluding carboxylic acids is 1. The van der Waals surface area contributed by atoms with E-state index >= 15 is 0 Å². The first kappa shape index (κ1) is 14.9. The molecule has 0 spiro atoms. The van der Waals surface area contributed by atoms with E-state index in [9.17, 15) is 4.79 Å². The van der Waals surface area contributed by atoms with Crippen molar-refractivity contribution in [2.75, 3.05) is 6.54 Å². The van der Waals surface area contributed by atoms with Crippen molar-refractivity contribution in [1.82, 2.24) is 5.32 Å². The lowest BCUT2D eigenvalue weighted by atomic mass is 9.77. The van der Waals surface area contributed by atoms with Crippen molar-refractivity contribution in [2.24, 2.45) is 0 Å². The van der Waals surface area contributed by atoms with Crippen molar-refractivity contribution in [2.45, 2.75) is 45.3 Å². The number of fused-ring (bicyclic) bond motifs is 1. The van der Waals surface area contributed by atoms with Crippen LogP contribution in [0.2, 0.25) is 5.02 Å². The van der Waals surface area contributed by atoms with Crippen LogP contribution in [0.25, 0.3) is 0 Å². The van der Waals surface area contributed by atoms with Crippen LogP contribution in [-0.2, 0) is 15.7 Å². The summed E-state index contributed by atoms with van der Waals surface area (Å²) in [5.74, 6) is -0.110. The van der Waals surface area contributed by atoms with E-state index in [-0.39, 0.29) is 5.91 Å². The Morgan fingerprint density at radius 2 is 1.81 bits per heavy atom. The van der Waals surface area contributed by atoms with Crippen molar-refractivity contribution in [3.05, 3.63) is 28.3 Å². The molecule has 6 heteroatoms. The lowest BCUT2D eigenvalue weighted by Crippen LogP contribution is -2.41. The van der Waals surface area contributed by atoms with Crippen LogP contribution in [-0.4, -0.2) is 30.8 Å². The maximum absolute atomic E-state index is 11.9. The molecule has 112 valence electrons. The Kier molecular flexibility index (Phi) is 3.35. The summed E-state index contributed by atoms with van der Waals surface area (Å²) in [5, 5.41) is 3.26.